The number of hydrogen-bond acceptors (Lipinski definition) is 3. The third-order valence-corrected chi connectivity index (χ3v) is 4.38. The van der Waals surface area contributed by atoms with E-state index in [0.29, 0.717) is 22.6 Å². The number of nitrogens with one attached hydrogen (secondary N) is 1. The number of rotatable bonds is 3. The van der Waals surface area contributed by atoms with E-state index in [0.717, 1.165) is 25.0 Å². The molecule has 1 aliphatic rings. The molecular formula is C15H18N2O2S. The van der Waals surface area contributed by atoms with Crippen LogP contribution in [-0.2, 0) is 11.3 Å². The number of ether oxygens (including phenoxy) is 1. The fourth-order valence-corrected chi connectivity index (χ4v) is 3.22. The molecule has 1 fully saturated rings. The molecule has 2 unspecified atom stereocenters. The molecule has 1 saturated heterocycles. The van der Waals surface area contributed by atoms with Crippen LogP contribution in [-0.4, -0.2) is 22.3 Å². The van der Waals surface area contributed by atoms with Gasteiger partial charge >= 0.3 is 0 Å². The summed E-state index contributed by atoms with van der Waals surface area (Å²) < 4.78 is 7.87. The molecule has 106 valence electrons. The summed E-state index contributed by atoms with van der Waals surface area (Å²) in [5, 5.41) is 0.688. The maximum Gasteiger partial charge on any atom is 0.262 e. The second-order valence-corrected chi connectivity index (χ2v) is 5.64. The first-order valence-electron chi connectivity index (χ1n) is 7.04. The van der Waals surface area contributed by atoms with Gasteiger partial charge in [-0.05, 0) is 37.2 Å². The van der Waals surface area contributed by atoms with E-state index in [1.54, 1.807) is 4.57 Å². The number of nitrogens with zero attached hydrogens (tertiary/aromatic N) is 1. The fraction of sp³-hybridized carbons (Fsp3) is 0.467. The van der Waals surface area contributed by atoms with E-state index < -0.39 is 0 Å². The van der Waals surface area contributed by atoms with Gasteiger partial charge in [0.05, 0.1) is 17.0 Å². The first-order chi connectivity index (χ1) is 9.70. The average molecular weight is 290 g/mol. The molecule has 1 aromatic carbocycles. The van der Waals surface area contributed by atoms with Gasteiger partial charge in [-0.15, -0.1) is 0 Å². The van der Waals surface area contributed by atoms with Crippen molar-refractivity contribution < 1.29 is 4.74 Å². The maximum absolute atomic E-state index is 12.6. The maximum atomic E-state index is 12.6. The van der Waals surface area contributed by atoms with E-state index in [1.165, 1.54) is 0 Å². The normalized spacial score (nSPS) is 22.4. The Labute approximate surface area is 122 Å². The fourth-order valence-electron chi connectivity index (χ4n) is 2.95. The van der Waals surface area contributed by atoms with Crippen LogP contribution in [0, 0.1) is 10.7 Å². The molecule has 1 N–H and O–H groups in total. The third-order valence-electron chi connectivity index (χ3n) is 4.06. The second-order valence-electron chi connectivity index (χ2n) is 5.26. The number of fused-ring (bicyclic) bond motifs is 1. The van der Waals surface area contributed by atoms with Gasteiger partial charge in [-0.3, -0.25) is 9.36 Å². The Morgan fingerprint density at radius 3 is 3.05 bits per heavy atom. The van der Waals surface area contributed by atoms with E-state index in [1.807, 2.05) is 24.3 Å². The smallest absolute Gasteiger partial charge is 0.262 e. The summed E-state index contributed by atoms with van der Waals surface area (Å²) in [5.74, 6) is 0.369. The van der Waals surface area contributed by atoms with Gasteiger partial charge in [0.2, 0.25) is 0 Å². The molecule has 0 amide bonds. The Bertz CT molecular complexity index is 734. The Morgan fingerprint density at radius 2 is 2.25 bits per heavy atom. The lowest BCUT2D eigenvalue weighted by atomic mass is 9.99. The van der Waals surface area contributed by atoms with Gasteiger partial charge in [0.25, 0.3) is 5.56 Å². The zero-order valence-corrected chi connectivity index (χ0v) is 12.3. The van der Waals surface area contributed by atoms with Crippen LogP contribution in [0.3, 0.4) is 0 Å². The molecule has 2 atom stereocenters. The van der Waals surface area contributed by atoms with Crippen LogP contribution in [0.4, 0.5) is 0 Å². The number of H-pyrrole nitrogens is 1. The summed E-state index contributed by atoms with van der Waals surface area (Å²) >= 11 is 5.34. The largest absolute Gasteiger partial charge is 0.378 e. The Hall–Kier alpha value is -1.46. The van der Waals surface area contributed by atoms with E-state index in [4.69, 9.17) is 17.0 Å². The standard InChI is InChI=1S/C15H18N2O2S/c1-2-13-10(7-8-19-13)9-17-14(18)11-5-3-4-6-12(11)16-15(17)20/h3-6,10,13H,2,7-9H2,1H3,(H,16,20). The predicted molar refractivity (Wildman–Crippen MR) is 81.5 cm³/mol. The molecular weight excluding hydrogens is 272 g/mol. The van der Waals surface area contributed by atoms with Gasteiger partial charge in [0.1, 0.15) is 0 Å². The van der Waals surface area contributed by atoms with Crippen molar-refractivity contribution in [3.8, 4) is 0 Å². The van der Waals surface area contributed by atoms with Crippen LogP contribution >= 0.6 is 12.2 Å². The molecule has 3 rings (SSSR count). The van der Waals surface area contributed by atoms with Crippen molar-refractivity contribution in [3.05, 3.63) is 39.4 Å². The summed E-state index contributed by atoms with van der Waals surface area (Å²) in [4.78, 5) is 15.7. The molecule has 20 heavy (non-hydrogen) atoms. The van der Waals surface area contributed by atoms with E-state index in [2.05, 4.69) is 11.9 Å². The van der Waals surface area contributed by atoms with Crippen LogP contribution < -0.4 is 5.56 Å². The van der Waals surface area contributed by atoms with Crippen molar-refractivity contribution in [1.29, 1.82) is 0 Å². The van der Waals surface area contributed by atoms with E-state index in [-0.39, 0.29) is 11.7 Å². The van der Waals surface area contributed by atoms with Gasteiger partial charge in [-0.1, -0.05) is 19.1 Å². The molecule has 2 heterocycles. The molecule has 4 nitrogen and oxygen atoms in total. The Kier molecular flexibility index (Phi) is 3.72. The molecule has 2 aromatic rings. The van der Waals surface area contributed by atoms with Crippen molar-refractivity contribution in [2.24, 2.45) is 5.92 Å². The highest BCUT2D eigenvalue weighted by Gasteiger charge is 2.27. The highest BCUT2D eigenvalue weighted by atomic mass is 32.1. The average Bonchev–Trinajstić information content (AvgIpc) is 2.90. The monoisotopic (exact) mass is 290 g/mol. The Morgan fingerprint density at radius 1 is 1.45 bits per heavy atom. The van der Waals surface area contributed by atoms with Crippen LogP contribution in [0.1, 0.15) is 19.8 Å². The molecule has 0 aliphatic carbocycles. The van der Waals surface area contributed by atoms with Gasteiger partial charge in [0.15, 0.2) is 4.77 Å². The van der Waals surface area contributed by atoms with Gasteiger partial charge in [-0.25, -0.2) is 0 Å². The molecule has 0 saturated carbocycles. The quantitative estimate of drug-likeness (QED) is 0.884. The van der Waals surface area contributed by atoms with Crippen molar-refractivity contribution in [2.45, 2.75) is 32.4 Å². The van der Waals surface area contributed by atoms with Gasteiger partial charge in [0, 0.05) is 19.1 Å². The summed E-state index contributed by atoms with van der Waals surface area (Å²) in [6, 6.07) is 7.49. The first-order valence-corrected chi connectivity index (χ1v) is 7.45. The van der Waals surface area contributed by atoms with Crippen LogP contribution in [0.15, 0.2) is 29.1 Å². The summed E-state index contributed by atoms with van der Waals surface area (Å²) in [6.45, 7) is 3.53. The van der Waals surface area contributed by atoms with Crippen molar-refractivity contribution in [3.63, 3.8) is 0 Å². The SMILES string of the molecule is CCC1OCCC1Cn1c(=S)[nH]c2ccccc2c1=O. The topological polar surface area (TPSA) is 47.0 Å². The van der Waals surface area contributed by atoms with Crippen molar-refractivity contribution in [2.75, 3.05) is 6.61 Å². The molecule has 1 aromatic heterocycles. The highest BCUT2D eigenvalue weighted by molar-refractivity contribution is 7.71. The lowest BCUT2D eigenvalue weighted by Crippen LogP contribution is -2.29. The molecule has 0 spiro atoms. The molecule has 1 aliphatic heterocycles. The number of para-hydroxylation sites is 1. The highest BCUT2D eigenvalue weighted by Crippen LogP contribution is 2.24. The number of aromatic nitrogens is 2. The minimum absolute atomic E-state index is 0.00824. The summed E-state index contributed by atoms with van der Waals surface area (Å²) in [6.07, 6.45) is 2.21. The number of hydrogen-bond donors (Lipinski definition) is 1. The summed E-state index contributed by atoms with van der Waals surface area (Å²) in [7, 11) is 0. The lowest BCUT2D eigenvalue weighted by Gasteiger charge is -2.18. The van der Waals surface area contributed by atoms with E-state index in [9.17, 15) is 4.79 Å². The lowest BCUT2D eigenvalue weighted by molar-refractivity contribution is 0.0831. The summed E-state index contributed by atoms with van der Waals surface area (Å²) in [5.41, 5.74) is 0.791. The van der Waals surface area contributed by atoms with Gasteiger partial charge in [-0.2, -0.15) is 0 Å². The van der Waals surface area contributed by atoms with Crippen molar-refractivity contribution >= 4 is 23.1 Å². The van der Waals surface area contributed by atoms with E-state index >= 15 is 0 Å². The van der Waals surface area contributed by atoms with Crippen LogP contribution in [0.25, 0.3) is 10.9 Å². The minimum atomic E-state index is -0.00824. The number of benzene rings is 1. The minimum Gasteiger partial charge on any atom is -0.378 e. The molecule has 0 radical (unpaired) electrons. The second kappa shape index (κ2) is 5.50. The van der Waals surface area contributed by atoms with Crippen LogP contribution in [0.5, 0.6) is 0 Å². The zero-order chi connectivity index (χ0) is 14.1. The van der Waals surface area contributed by atoms with Gasteiger partial charge < -0.3 is 9.72 Å². The van der Waals surface area contributed by atoms with Crippen LogP contribution in [0.2, 0.25) is 0 Å². The Balaban J connectivity index is 2.03. The van der Waals surface area contributed by atoms with Crippen molar-refractivity contribution in [1.82, 2.24) is 9.55 Å². The third kappa shape index (κ3) is 2.31. The first kappa shape index (κ1) is 13.5. The molecule has 5 heteroatoms. The number of aromatic amines is 1. The zero-order valence-electron chi connectivity index (χ0n) is 11.5. The molecule has 0 bridgehead atoms. The predicted octanol–water partition coefficient (Wildman–Crippen LogP) is 2.87.